The first kappa shape index (κ1) is 13.4. The maximum absolute atomic E-state index is 6.07. The number of rotatable bonds is 4. The highest BCUT2D eigenvalue weighted by atomic mass is 35.5. The zero-order chi connectivity index (χ0) is 13.8. The quantitative estimate of drug-likeness (QED) is 0.930. The zero-order valence-electron chi connectivity index (χ0n) is 10.8. The fourth-order valence-corrected chi connectivity index (χ4v) is 1.99. The van der Waals surface area contributed by atoms with Gasteiger partial charge in [-0.05, 0) is 17.7 Å². The maximum Gasteiger partial charge on any atom is 0.222 e. The van der Waals surface area contributed by atoms with E-state index in [1.54, 1.807) is 7.11 Å². The van der Waals surface area contributed by atoms with E-state index in [-0.39, 0.29) is 5.95 Å². The molecule has 0 aliphatic carbocycles. The average Bonchev–Trinajstić information content (AvgIpc) is 2.41. The summed E-state index contributed by atoms with van der Waals surface area (Å²) in [5.74, 6) is 1.63. The Labute approximate surface area is 117 Å². The molecule has 0 saturated carbocycles. The van der Waals surface area contributed by atoms with E-state index in [0.29, 0.717) is 17.4 Å². The number of benzene rings is 1. The van der Waals surface area contributed by atoms with Gasteiger partial charge in [0.05, 0.1) is 13.3 Å². The van der Waals surface area contributed by atoms with E-state index >= 15 is 0 Å². The van der Waals surface area contributed by atoms with Crippen LogP contribution in [0.15, 0.2) is 30.5 Å². The van der Waals surface area contributed by atoms with Crippen molar-refractivity contribution in [3.05, 3.63) is 41.0 Å². The number of methoxy groups -OCH3 is 1. The summed E-state index contributed by atoms with van der Waals surface area (Å²) < 4.78 is 5.19. The molecule has 0 aliphatic rings. The second-order valence-electron chi connectivity index (χ2n) is 4.11. The predicted octanol–water partition coefficient (Wildman–Crippen LogP) is 2.36. The lowest BCUT2D eigenvalue weighted by atomic mass is 10.2. The van der Waals surface area contributed by atoms with Crippen LogP contribution in [0.3, 0.4) is 0 Å². The Kier molecular flexibility index (Phi) is 4.06. The third-order valence-corrected chi connectivity index (χ3v) is 2.93. The summed E-state index contributed by atoms with van der Waals surface area (Å²) in [6.07, 6.45) is 1.50. The molecule has 0 fully saturated rings. The molecule has 19 heavy (non-hydrogen) atoms. The monoisotopic (exact) mass is 278 g/mol. The molecule has 0 radical (unpaired) electrons. The summed E-state index contributed by atoms with van der Waals surface area (Å²) >= 11 is 6.07. The van der Waals surface area contributed by atoms with Crippen LogP contribution in [-0.4, -0.2) is 24.1 Å². The van der Waals surface area contributed by atoms with Crippen LogP contribution in [0.2, 0.25) is 5.02 Å². The lowest BCUT2D eigenvalue weighted by Gasteiger charge is -2.19. The van der Waals surface area contributed by atoms with Crippen LogP contribution in [0.5, 0.6) is 5.75 Å². The van der Waals surface area contributed by atoms with E-state index in [1.165, 1.54) is 6.20 Å². The minimum atomic E-state index is 0.205. The van der Waals surface area contributed by atoms with Crippen LogP contribution in [-0.2, 0) is 6.54 Å². The normalized spacial score (nSPS) is 10.3. The van der Waals surface area contributed by atoms with Gasteiger partial charge in [0.25, 0.3) is 0 Å². The molecule has 0 saturated heterocycles. The Morgan fingerprint density at radius 1 is 1.42 bits per heavy atom. The molecule has 1 aromatic heterocycles. The largest absolute Gasteiger partial charge is 0.497 e. The molecular formula is C13H15ClN4O. The first-order chi connectivity index (χ1) is 9.10. The van der Waals surface area contributed by atoms with Crippen molar-refractivity contribution in [2.75, 3.05) is 24.8 Å². The van der Waals surface area contributed by atoms with Gasteiger partial charge in [0.15, 0.2) is 5.82 Å². The summed E-state index contributed by atoms with van der Waals surface area (Å²) in [6.45, 7) is 0.646. The van der Waals surface area contributed by atoms with E-state index in [1.807, 2.05) is 36.2 Å². The van der Waals surface area contributed by atoms with Crippen LogP contribution in [0.1, 0.15) is 5.56 Å². The van der Waals surface area contributed by atoms with Crippen LogP contribution >= 0.6 is 11.6 Å². The number of ether oxygens (including phenoxy) is 1. The summed E-state index contributed by atoms with van der Waals surface area (Å²) in [5, 5.41) is 0.472. The summed E-state index contributed by atoms with van der Waals surface area (Å²) in [6, 6.07) is 7.82. The first-order valence-corrected chi connectivity index (χ1v) is 6.10. The highest BCUT2D eigenvalue weighted by Gasteiger charge is 2.10. The first-order valence-electron chi connectivity index (χ1n) is 5.72. The lowest BCUT2D eigenvalue weighted by molar-refractivity contribution is 0.414. The van der Waals surface area contributed by atoms with Crippen LogP contribution in [0, 0.1) is 0 Å². The van der Waals surface area contributed by atoms with E-state index < -0.39 is 0 Å². The third kappa shape index (κ3) is 3.26. The molecule has 0 unspecified atom stereocenters. The number of aromatic nitrogens is 2. The van der Waals surface area contributed by atoms with Crippen molar-refractivity contribution in [3.63, 3.8) is 0 Å². The van der Waals surface area contributed by atoms with Crippen molar-refractivity contribution in [3.8, 4) is 5.75 Å². The number of halogens is 1. The molecular weight excluding hydrogens is 264 g/mol. The molecule has 5 nitrogen and oxygen atoms in total. The van der Waals surface area contributed by atoms with Crippen LogP contribution < -0.4 is 15.4 Å². The number of nitrogens with two attached hydrogens (primary N) is 1. The summed E-state index contributed by atoms with van der Waals surface area (Å²) in [4.78, 5) is 9.90. The molecule has 0 amide bonds. The van der Waals surface area contributed by atoms with Gasteiger partial charge in [0.1, 0.15) is 10.8 Å². The van der Waals surface area contributed by atoms with Gasteiger partial charge in [-0.15, -0.1) is 0 Å². The van der Waals surface area contributed by atoms with Gasteiger partial charge < -0.3 is 15.4 Å². The minimum absolute atomic E-state index is 0.205. The third-order valence-electron chi connectivity index (χ3n) is 2.66. The average molecular weight is 279 g/mol. The van der Waals surface area contributed by atoms with E-state index in [4.69, 9.17) is 22.1 Å². The van der Waals surface area contributed by atoms with Gasteiger partial charge >= 0.3 is 0 Å². The Hall–Kier alpha value is -2.01. The van der Waals surface area contributed by atoms with Gasteiger partial charge in [-0.2, -0.15) is 4.98 Å². The second kappa shape index (κ2) is 5.75. The summed E-state index contributed by atoms with van der Waals surface area (Å²) in [5.41, 5.74) is 6.67. The van der Waals surface area contributed by atoms with Crippen molar-refractivity contribution < 1.29 is 4.74 Å². The topological polar surface area (TPSA) is 64.3 Å². The SMILES string of the molecule is COc1cccc(CN(C)c2nc(N)ncc2Cl)c1. The van der Waals surface area contributed by atoms with Gasteiger partial charge in [-0.3, -0.25) is 0 Å². The van der Waals surface area contributed by atoms with Crippen molar-refractivity contribution >= 4 is 23.4 Å². The molecule has 6 heteroatoms. The summed E-state index contributed by atoms with van der Waals surface area (Å²) in [7, 11) is 3.54. The molecule has 1 aromatic carbocycles. The van der Waals surface area contributed by atoms with Gasteiger partial charge in [0, 0.05) is 13.6 Å². The predicted molar refractivity (Wildman–Crippen MR) is 76.6 cm³/mol. The highest BCUT2D eigenvalue weighted by Crippen LogP contribution is 2.24. The van der Waals surface area contributed by atoms with Crippen LogP contribution in [0.4, 0.5) is 11.8 Å². The van der Waals surface area contributed by atoms with E-state index in [0.717, 1.165) is 11.3 Å². The number of nitrogens with zero attached hydrogens (tertiary/aromatic N) is 3. The Morgan fingerprint density at radius 3 is 2.95 bits per heavy atom. The second-order valence-corrected chi connectivity index (χ2v) is 4.51. The van der Waals surface area contributed by atoms with Crippen molar-refractivity contribution in [2.24, 2.45) is 0 Å². The number of anilines is 2. The maximum atomic E-state index is 6.07. The molecule has 0 atom stereocenters. The Bertz CT molecular complexity index is 576. The zero-order valence-corrected chi connectivity index (χ0v) is 11.6. The number of nitrogen functional groups attached to an aromatic ring is 1. The fourth-order valence-electron chi connectivity index (χ4n) is 1.76. The molecule has 100 valence electrons. The van der Waals surface area contributed by atoms with Crippen molar-refractivity contribution in [1.29, 1.82) is 0 Å². The smallest absolute Gasteiger partial charge is 0.222 e. The lowest BCUT2D eigenvalue weighted by Crippen LogP contribution is -2.19. The molecule has 2 N–H and O–H groups in total. The molecule has 2 rings (SSSR count). The molecule has 0 bridgehead atoms. The number of hydrogen-bond donors (Lipinski definition) is 1. The Balaban J connectivity index is 2.20. The van der Waals surface area contributed by atoms with Crippen molar-refractivity contribution in [1.82, 2.24) is 9.97 Å². The van der Waals surface area contributed by atoms with Crippen molar-refractivity contribution in [2.45, 2.75) is 6.54 Å². The Morgan fingerprint density at radius 2 is 2.21 bits per heavy atom. The number of hydrogen-bond acceptors (Lipinski definition) is 5. The van der Waals surface area contributed by atoms with E-state index in [2.05, 4.69) is 9.97 Å². The molecule has 2 aromatic rings. The standard InChI is InChI=1S/C13H15ClN4O/c1-18(12-11(14)7-16-13(15)17-12)8-9-4-3-5-10(6-9)19-2/h3-7H,8H2,1-2H3,(H2,15,16,17). The van der Waals surface area contributed by atoms with E-state index in [9.17, 15) is 0 Å². The molecule has 0 spiro atoms. The molecule has 0 aliphatic heterocycles. The fraction of sp³-hybridized carbons (Fsp3) is 0.231. The minimum Gasteiger partial charge on any atom is -0.497 e. The van der Waals surface area contributed by atoms with Gasteiger partial charge in [-0.1, -0.05) is 23.7 Å². The van der Waals surface area contributed by atoms with Gasteiger partial charge in [0.2, 0.25) is 5.95 Å². The highest BCUT2D eigenvalue weighted by molar-refractivity contribution is 6.32. The van der Waals surface area contributed by atoms with Gasteiger partial charge in [-0.25, -0.2) is 4.98 Å². The molecule has 1 heterocycles. The van der Waals surface area contributed by atoms with Crippen LogP contribution in [0.25, 0.3) is 0 Å².